The maximum atomic E-state index is 5.18. The van der Waals surface area contributed by atoms with Gasteiger partial charge in [-0.2, -0.15) is 0 Å². The van der Waals surface area contributed by atoms with Gasteiger partial charge in [-0.25, -0.2) is 4.98 Å². The quantitative estimate of drug-likeness (QED) is 0.775. The topological polar surface area (TPSA) is 22.1 Å². The Balaban J connectivity index is 2.36. The van der Waals surface area contributed by atoms with Crippen LogP contribution in [0.5, 0.6) is 5.88 Å². The highest BCUT2D eigenvalue weighted by Gasteiger charge is 2.39. The standard InChI is InChI=1S/C11H14BrNO/c1-11(3-4-11)9-5-8(6-12)10(14-2)13-7-9/h5,7H,3-4,6H2,1-2H3. The molecule has 0 amide bonds. The third-order valence-electron chi connectivity index (χ3n) is 2.96. The molecule has 1 aliphatic rings. The zero-order valence-electron chi connectivity index (χ0n) is 8.51. The van der Waals surface area contributed by atoms with E-state index in [0.717, 1.165) is 16.8 Å². The number of rotatable bonds is 3. The molecule has 1 heterocycles. The number of aromatic nitrogens is 1. The lowest BCUT2D eigenvalue weighted by Crippen LogP contribution is -2.03. The van der Waals surface area contributed by atoms with Crippen LogP contribution in [-0.4, -0.2) is 12.1 Å². The number of halogens is 1. The minimum Gasteiger partial charge on any atom is -0.481 e. The van der Waals surface area contributed by atoms with Gasteiger partial charge in [0.05, 0.1) is 7.11 Å². The number of ether oxygens (including phenoxy) is 1. The van der Waals surface area contributed by atoms with Gasteiger partial charge in [0, 0.05) is 17.1 Å². The van der Waals surface area contributed by atoms with Crippen LogP contribution in [0.15, 0.2) is 12.3 Å². The molecule has 0 aromatic carbocycles. The summed E-state index contributed by atoms with van der Waals surface area (Å²) in [6.07, 6.45) is 4.50. The van der Waals surface area contributed by atoms with Crippen LogP contribution in [0.3, 0.4) is 0 Å². The summed E-state index contributed by atoms with van der Waals surface area (Å²) in [5.41, 5.74) is 2.86. The zero-order valence-corrected chi connectivity index (χ0v) is 10.1. The molecule has 0 atom stereocenters. The largest absolute Gasteiger partial charge is 0.481 e. The fourth-order valence-electron chi connectivity index (χ4n) is 1.58. The molecule has 0 radical (unpaired) electrons. The smallest absolute Gasteiger partial charge is 0.217 e. The highest BCUT2D eigenvalue weighted by molar-refractivity contribution is 9.08. The molecular weight excluding hydrogens is 242 g/mol. The normalized spacial score (nSPS) is 17.9. The average molecular weight is 256 g/mol. The van der Waals surface area contributed by atoms with E-state index in [1.165, 1.54) is 18.4 Å². The monoisotopic (exact) mass is 255 g/mol. The van der Waals surface area contributed by atoms with Gasteiger partial charge in [0.25, 0.3) is 0 Å². The van der Waals surface area contributed by atoms with E-state index in [1.807, 2.05) is 6.20 Å². The Morgan fingerprint density at radius 2 is 2.29 bits per heavy atom. The predicted molar refractivity (Wildman–Crippen MR) is 60.0 cm³/mol. The molecule has 1 aromatic heterocycles. The lowest BCUT2D eigenvalue weighted by Gasteiger charge is -2.11. The first-order valence-electron chi connectivity index (χ1n) is 4.79. The molecule has 0 unspecified atom stereocenters. The van der Waals surface area contributed by atoms with Crippen molar-refractivity contribution in [2.24, 2.45) is 0 Å². The van der Waals surface area contributed by atoms with Crippen molar-refractivity contribution >= 4 is 15.9 Å². The molecule has 1 saturated carbocycles. The van der Waals surface area contributed by atoms with E-state index in [4.69, 9.17) is 4.74 Å². The predicted octanol–water partition coefficient (Wildman–Crippen LogP) is 3.04. The molecule has 3 heteroatoms. The fourth-order valence-corrected chi connectivity index (χ4v) is 1.99. The zero-order chi connectivity index (χ0) is 10.2. The van der Waals surface area contributed by atoms with Crippen molar-refractivity contribution in [1.29, 1.82) is 0 Å². The van der Waals surface area contributed by atoms with Crippen LogP contribution < -0.4 is 4.74 Å². The third-order valence-corrected chi connectivity index (χ3v) is 3.56. The minimum absolute atomic E-state index is 0.385. The first-order valence-corrected chi connectivity index (χ1v) is 5.91. The molecule has 0 bridgehead atoms. The van der Waals surface area contributed by atoms with Crippen molar-refractivity contribution in [3.63, 3.8) is 0 Å². The van der Waals surface area contributed by atoms with Crippen molar-refractivity contribution in [2.75, 3.05) is 7.11 Å². The number of alkyl halides is 1. The van der Waals surface area contributed by atoms with E-state index in [-0.39, 0.29) is 0 Å². The van der Waals surface area contributed by atoms with E-state index in [9.17, 15) is 0 Å². The van der Waals surface area contributed by atoms with Gasteiger partial charge in [-0.3, -0.25) is 0 Å². The van der Waals surface area contributed by atoms with Crippen molar-refractivity contribution in [3.05, 3.63) is 23.4 Å². The summed E-state index contributed by atoms with van der Waals surface area (Å²) < 4.78 is 5.18. The Morgan fingerprint density at radius 1 is 1.57 bits per heavy atom. The van der Waals surface area contributed by atoms with Crippen LogP contribution in [-0.2, 0) is 10.7 Å². The maximum Gasteiger partial charge on any atom is 0.217 e. The van der Waals surface area contributed by atoms with Crippen molar-refractivity contribution in [2.45, 2.75) is 30.5 Å². The van der Waals surface area contributed by atoms with E-state index in [2.05, 4.69) is 33.9 Å². The summed E-state index contributed by atoms with van der Waals surface area (Å²) in [5, 5.41) is 0.799. The van der Waals surface area contributed by atoms with Crippen molar-refractivity contribution in [3.8, 4) is 5.88 Å². The molecule has 2 rings (SSSR count). The van der Waals surface area contributed by atoms with E-state index in [1.54, 1.807) is 7.11 Å². The van der Waals surface area contributed by atoms with E-state index < -0.39 is 0 Å². The summed E-state index contributed by atoms with van der Waals surface area (Å²) in [7, 11) is 1.66. The second kappa shape index (κ2) is 3.54. The van der Waals surface area contributed by atoms with Gasteiger partial charge in [-0.15, -0.1) is 0 Å². The lowest BCUT2D eigenvalue weighted by atomic mass is 9.99. The number of hydrogen-bond donors (Lipinski definition) is 0. The molecule has 14 heavy (non-hydrogen) atoms. The number of methoxy groups -OCH3 is 1. The molecule has 1 aliphatic carbocycles. The molecule has 0 N–H and O–H groups in total. The second-order valence-corrected chi connectivity index (χ2v) is 4.65. The van der Waals surface area contributed by atoms with Gasteiger partial charge in [0.15, 0.2) is 0 Å². The average Bonchev–Trinajstić information content (AvgIpc) is 2.97. The summed E-state index contributed by atoms with van der Waals surface area (Å²) in [6, 6.07) is 2.20. The third kappa shape index (κ3) is 1.65. The van der Waals surface area contributed by atoms with Crippen LogP contribution in [0.4, 0.5) is 0 Å². The van der Waals surface area contributed by atoms with Gasteiger partial charge in [0.2, 0.25) is 5.88 Å². The molecular formula is C11H14BrNO. The highest BCUT2D eigenvalue weighted by atomic mass is 79.9. The Hall–Kier alpha value is -0.570. The Labute approximate surface area is 92.8 Å². The second-order valence-electron chi connectivity index (χ2n) is 4.09. The summed E-state index contributed by atoms with van der Waals surface area (Å²) in [4.78, 5) is 4.32. The van der Waals surface area contributed by atoms with Gasteiger partial charge in [0.1, 0.15) is 0 Å². The molecule has 1 fully saturated rings. The Morgan fingerprint density at radius 3 is 2.79 bits per heavy atom. The van der Waals surface area contributed by atoms with Gasteiger partial charge < -0.3 is 4.74 Å². The van der Waals surface area contributed by atoms with Gasteiger partial charge >= 0.3 is 0 Å². The molecule has 76 valence electrons. The summed E-state index contributed by atoms with van der Waals surface area (Å²) >= 11 is 3.45. The summed E-state index contributed by atoms with van der Waals surface area (Å²) in [5.74, 6) is 0.731. The van der Waals surface area contributed by atoms with E-state index in [0.29, 0.717) is 5.41 Å². The van der Waals surface area contributed by atoms with Gasteiger partial charge in [-0.1, -0.05) is 22.9 Å². The SMILES string of the molecule is COc1ncc(C2(C)CC2)cc1CBr. The lowest BCUT2D eigenvalue weighted by molar-refractivity contribution is 0.393. The molecule has 1 aromatic rings. The van der Waals surface area contributed by atoms with E-state index >= 15 is 0 Å². The first-order chi connectivity index (χ1) is 6.69. The van der Waals surface area contributed by atoms with Crippen LogP contribution in [0.1, 0.15) is 30.9 Å². The van der Waals surface area contributed by atoms with Crippen LogP contribution in [0.25, 0.3) is 0 Å². The highest BCUT2D eigenvalue weighted by Crippen LogP contribution is 2.47. The molecule has 0 spiro atoms. The van der Waals surface area contributed by atoms with Crippen LogP contribution in [0, 0.1) is 0 Å². The maximum absolute atomic E-state index is 5.18. The van der Waals surface area contributed by atoms with Crippen molar-refractivity contribution in [1.82, 2.24) is 4.98 Å². The molecule has 0 aliphatic heterocycles. The summed E-state index contributed by atoms with van der Waals surface area (Å²) in [6.45, 7) is 2.29. The van der Waals surface area contributed by atoms with Gasteiger partial charge in [-0.05, 0) is 29.9 Å². The number of pyridine rings is 1. The van der Waals surface area contributed by atoms with Crippen LogP contribution >= 0.6 is 15.9 Å². The first kappa shape index (κ1) is 9.97. The fraction of sp³-hybridized carbons (Fsp3) is 0.545. The molecule has 2 nitrogen and oxygen atoms in total. The van der Waals surface area contributed by atoms with Crippen molar-refractivity contribution < 1.29 is 4.74 Å². The Kier molecular flexibility index (Phi) is 2.52. The molecule has 0 saturated heterocycles. The van der Waals surface area contributed by atoms with Crippen LogP contribution in [0.2, 0.25) is 0 Å². The minimum atomic E-state index is 0.385. The Bertz CT molecular complexity index is 347. The number of hydrogen-bond acceptors (Lipinski definition) is 2. The number of nitrogens with zero attached hydrogens (tertiary/aromatic N) is 1.